The number of ether oxygens (including phenoxy) is 1. The van der Waals surface area contributed by atoms with Gasteiger partial charge in [0.25, 0.3) is 0 Å². The van der Waals surface area contributed by atoms with Gasteiger partial charge in [0.15, 0.2) is 11.5 Å². The lowest BCUT2D eigenvalue weighted by atomic mass is 10.1. The second-order valence-electron chi connectivity index (χ2n) is 3.65. The highest BCUT2D eigenvalue weighted by Gasteiger charge is 2.22. The number of rotatable bonds is 1. The Morgan fingerprint density at radius 3 is 3.20 bits per heavy atom. The predicted molar refractivity (Wildman–Crippen MR) is 58.9 cm³/mol. The number of aromatic nitrogens is 3. The maximum absolute atomic E-state index is 5.34. The molecule has 0 radical (unpaired) electrons. The lowest BCUT2D eigenvalue weighted by Crippen LogP contribution is -2.00. The van der Waals surface area contributed by atoms with Crippen molar-refractivity contribution in [1.29, 1.82) is 0 Å². The van der Waals surface area contributed by atoms with E-state index in [1.807, 2.05) is 18.3 Å². The highest BCUT2D eigenvalue weighted by molar-refractivity contribution is 9.10. The maximum atomic E-state index is 5.34. The molecule has 2 aromatic rings. The molecule has 4 nitrogen and oxygen atoms in total. The standard InChI is InChI=1S/C10H10BrN3O/c11-8-2-1-4-14-10(8)12-9(13-14)7-3-5-15-6-7/h1-2,4,7H,3,5-6H2. The van der Waals surface area contributed by atoms with Crippen LogP contribution in [0.15, 0.2) is 22.8 Å². The first-order valence-corrected chi connectivity index (χ1v) is 5.72. The van der Waals surface area contributed by atoms with Gasteiger partial charge in [-0.2, -0.15) is 5.10 Å². The lowest BCUT2D eigenvalue weighted by molar-refractivity contribution is 0.193. The molecule has 0 spiro atoms. The van der Waals surface area contributed by atoms with E-state index in [4.69, 9.17) is 4.74 Å². The van der Waals surface area contributed by atoms with Crippen molar-refractivity contribution in [2.45, 2.75) is 12.3 Å². The second-order valence-corrected chi connectivity index (χ2v) is 4.51. The molecule has 15 heavy (non-hydrogen) atoms. The van der Waals surface area contributed by atoms with E-state index in [-0.39, 0.29) is 0 Å². The summed E-state index contributed by atoms with van der Waals surface area (Å²) in [6.07, 6.45) is 2.93. The van der Waals surface area contributed by atoms with Crippen molar-refractivity contribution >= 4 is 21.6 Å². The van der Waals surface area contributed by atoms with E-state index in [0.717, 1.165) is 35.6 Å². The SMILES string of the molecule is Brc1cccn2nc(C3CCOC3)nc12. The smallest absolute Gasteiger partial charge is 0.169 e. The molecule has 1 aliphatic rings. The van der Waals surface area contributed by atoms with Crippen molar-refractivity contribution in [1.82, 2.24) is 14.6 Å². The van der Waals surface area contributed by atoms with Crippen LogP contribution in [0.4, 0.5) is 0 Å². The summed E-state index contributed by atoms with van der Waals surface area (Å²) in [5.74, 6) is 1.25. The molecule has 0 saturated carbocycles. The van der Waals surface area contributed by atoms with Crippen LogP contribution in [0.5, 0.6) is 0 Å². The van der Waals surface area contributed by atoms with Crippen molar-refractivity contribution in [2.24, 2.45) is 0 Å². The summed E-state index contributed by atoms with van der Waals surface area (Å²) in [6.45, 7) is 1.57. The molecule has 1 unspecified atom stereocenters. The first-order valence-electron chi connectivity index (χ1n) is 4.93. The third-order valence-electron chi connectivity index (χ3n) is 2.63. The first-order chi connectivity index (χ1) is 7.34. The normalized spacial score (nSPS) is 21.3. The second kappa shape index (κ2) is 3.57. The quantitative estimate of drug-likeness (QED) is 0.794. The number of fused-ring (bicyclic) bond motifs is 1. The first kappa shape index (κ1) is 9.30. The van der Waals surface area contributed by atoms with Crippen molar-refractivity contribution in [3.63, 3.8) is 0 Å². The van der Waals surface area contributed by atoms with Crippen LogP contribution in [-0.4, -0.2) is 27.8 Å². The third-order valence-corrected chi connectivity index (χ3v) is 3.24. The van der Waals surface area contributed by atoms with Gasteiger partial charge in [0, 0.05) is 18.7 Å². The molecule has 0 aromatic carbocycles. The van der Waals surface area contributed by atoms with Crippen LogP contribution < -0.4 is 0 Å². The minimum Gasteiger partial charge on any atom is -0.381 e. The number of halogens is 1. The molecule has 5 heteroatoms. The zero-order valence-electron chi connectivity index (χ0n) is 8.06. The minimum atomic E-state index is 0.358. The van der Waals surface area contributed by atoms with E-state index < -0.39 is 0 Å². The number of hydrogen-bond acceptors (Lipinski definition) is 3. The van der Waals surface area contributed by atoms with Gasteiger partial charge in [-0.3, -0.25) is 0 Å². The van der Waals surface area contributed by atoms with Gasteiger partial charge < -0.3 is 4.74 Å². The molecule has 1 atom stereocenters. The van der Waals surface area contributed by atoms with Gasteiger partial charge >= 0.3 is 0 Å². The predicted octanol–water partition coefficient (Wildman–Crippen LogP) is 2.00. The monoisotopic (exact) mass is 267 g/mol. The van der Waals surface area contributed by atoms with Crippen LogP contribution in [0, 0.1) is 0 Å². The minimum absolute atomic E-state index is 0.358. The zero-order chi connectivity index (χ0) is 10.3. The summed E-state index contributed by atoms with van der Waals surface area (Å²) in [7, 11) is 0. The molecule has 0 N–H and O–H groups in total. The maximum Gasteiger partial charge on any atom is 0.169 e. The van der Waals surface area contributed by atoms with Gasteiger partial charge in [-0.25, -0.2) is 9.50 Å². The van der Waals surface area contributed by atoms with Crippen molar-refractivity contribution in [3.05, 3.63) is 28.6 Å². The van der Waals surface area contributed by atoms with Crippen LogP contribution in [0.2, 0.25) is 0 Å². The van der Waals surface area contributed by atoms with Crippen LogP contribution >= 0.6 is 15.9 Å². The van der Waals surface area contributed by atoms with Crippen LogP contribution in [0.3, 0.4) is 0 Å². The van der Waals surface area contributed by atoms with Crippen LogP contribution in [-0.2, 0) is 4.74 Å². The van der Waals surface area contributed by atoms with E-state index in [1.54, 1.807) is 4.52 Å². The Kier molecular flexibility index (Phi) is 2.21. The van der Waals surface area contributed by atoms with Crippen molar-refractivity contribution < 1.29 is 4.74 Å². The molecule has 2 aromatic heterocycles. The van der Waals surface area contributed by atoms with Crippen molar-refractivity contribution in [3.8, 4) is 0 Å². The van der Waals surface area contributed by atoms with Gasteiger partial charge in [-0.05, 0) is 34.5 Å². The number of nitrogens with zero attached hydrogens (tertiary/aromatic N) is 3. The van der Waals surface area contributed by atoms with Gasteiger partial charge in [0.05, 0.1) is 11.1 Å². The van der Waals surface area contributed by atoms with Crippen LogP contribution in [0.25, 0.3) is 5.65 Å². The van der Waals surface area contributed by atoms with E-state index in [0.29, 0.717) is 5.92 Å². The Morgan fingerprint density at radius 1 is 1.53 bits per heavy atom. The lowest BCUT2D eigenvalue weighted by Gasteiger charge is -1.98. The highest BCUT2D eigenvalue weighted by atomic mass is 79.9. The van der Waals surface area contributed by atoms with Crippen molar-refractivity contribution in [2.75, 3.05) is 13.2 Å². The fourth-order valence-electron chi connectivity index (χ4n) is 1.80. The summed E-state index contributed by atoms with van der Waals surface area (Å²) in [5, 5.41) is 4.45. The fraction of sp³-hybridized carbons (Fsp3) is 0.400. The molecule has 0 bridgehead atoms. The summed E-state index contributed by atoms with van der Waals surface area (Å²) < 4.78 is 8.11. The van der Waals surface area contributed by atoms with Gasteiger partial charge in [-0.1, -0.05) is 0 Å². The molecule has 1 aliphatic heterocycles. The third kappa shape index (κ3) is 1.55. The van der Waals surface area contributed by atoms with E-state index >= 15 is 0 Å². The molecule has 3 rings (SSSR count). The molecule has 0 aliphatic carbocycles. The molecule has 0 amide bonds. The van der Waals surface area contributed by atoms with Gasteiger partial charge in [0.2, 0.25) is 0 Å². The summed E-state index contributed by atoms with van der Waals surface area (Å²) in [6, 6.07) is 3.92. The Balaban J connectivity index is 2.09. The molecular weight excluding hydrogens is 258 g/mol. The zero-order valence-corrected chi connectivity index (χ0v) is 9.64. The van der Waals surface area contributed by atoms with E-state index in [2.05, 4.69) is 26.0 Å². The Hall–Kier alpha value is -0.940. The molecule has 1 saturated heterocycles. The molecule has 1 fully saturated rings. The largest absolute Gasteiger partial charge is 0.381 e. The summed E-state index contributed by atoms with van der Waals surface area (Å²) in [4.78, 5) is 4.52. The van der Waals surface area contributed by atoms with Crippen LogP contribution in [0.1, 0.15) is 18.2 Å². The van der Waals surface area contributed by atoms with Gasteiger partial charge in [0.1, 0.15) is 0 Å². The Morgan fingerprint density at radius 2 is 2.47 bits per heavy atom. The topological polar surface area (TPSA) is 39.4 Å². The van der Waals surface area contributed by atoms with Gasteiger partial charge in [-0.15, -0.1) is 0 Å². The molecular formula is C10H10BrN3O. The summed E-state index contributed by atoms with van der Waals surface area (Å²) >= 11 is 3.46. The number of hydrogen-bond donors (Lipinski definition) is 0. The highest BCUT2D eigenvalue weighted by Crippen LogP contribution is 2.24. The van der Waals surface area contributed by atoms with E-state index in [1.165, 1.54) is 0 Å². The Labute approximate surface area is 95.4 Å². The average molecular weight is 268 g/mol. The fourth-order valence-corrected chi connectivity index (χ4v) is 2.22. The molecule has 3 heterocycles. The Bertz CT molecular complexity index is 490. The number of pyridine rings is 1. The summed E-state index contributed by atoms with van der Waals surface area (Å²) in [5.41, 5.74) is 0.874. The average Bonchev–Trinajstić information content (AvgIpc) is 2.86. The molecule has 78 valence electrons. The van der Waals surface area contributed by atoms with E-state index in [9.17, 15) is 0 Å².